The summed E-state index contributed by atoms with van der Waals surface area (Å²) < 4.78 is 22.8. The molecule has 0 saturated heterocycles. The fraction of sp³-hybridized carbons (Fsp3) is 0.750. The summed E-state index contributed by atoms with van der Waals surface area (Å²) in [7, 11) is -2.75. The molecule has 0 aliphatic heterocycles. The highest BCUT2D eigenvalue weighted by Gasteiger charge is 2.40. The lowest BCUT2D eigenvalue weighted by Gasteiger charge is -2.31. The fourth-order valence-electron chi connectivity index (χ4n) is 2.17. The third kappa shape index (κ3) is 3.68. The first-order chi connectivity index (χ1) is 8.03. The van der Waals surface area contributed by atoms with Crippen molar-refractivity contribution in [2.24, 2.45) is 5.92 Å². The Kier molecular flexibility index (Phi) is 5.41. The van der Waals surface area contributed by atoms with E-state index in [1.54, 1.807) is 13.6 Å². The van der Waals surface area contributed by atoms with Crippen molar-refractivity contribution in [3.05, 3.63) is 12.2 Å². The van der Waals surface area contributed by atoms with Crippen molar-refractivity contribution < 1.29 is 18.6 Å². The molecule has 0 spiro atoms. The lowest BCUT2D eigenvalue weighted by molar-refractivity contribution is -0.148. The molecule has 4 nitrogen and oxygen atoms in total. The Morgan fingerprint density at radius 2 is 1.94 bits per heavy atom. The van der Waals surface area contributed by atoms with E-state index in [9.17, 15) is 9.36 Å². The second-order valence-corrected chi connectivity index (χ2v) is 6.93. The molecule has 0 aromatic carbocycles. The highest BCUT2D eigenvalue weighted by Crippen LogP contribution is 2.54. The minimum absolute atomic E-state index is 0.244. The molecular formula is C12H21O4P. The monoisotopic (exact) mass is 260 g/mol. The maximum atomic E-state index is 12.4. The topological polar surface area (TPSA) is 52.6 Å². The third-order valence-corrected chi connectivity index (χ3v) is 5.52. The molecule has 98 valence electrons. The summed E-state index contributed by atoms with van der Waals surface area (Å²) in [5.74, 6) is -0.592. The maximum Gasteiger partial charge on any atom is 0.310 e. The Balaban J connectivity index is 2.83. The van der Waals surface area contributed by atoms with Gasteiger partial charge in [0.05, 0.1) is 24.8 Å². The second kappa shape index (κ2) is 6.36. The van der Waals surface area contributed by atoms with E-state index in [-0.39, 0.29) is 17.5 Å². The molecule has 0 amide bonds. The molecule has 1 aliphatic carbocycles. The molecule has 1 unspecified atom stereocenters. The van der Waals surface area contributed by atoms with E-state index >= 15 is 0 Å². The highest BCUT2D eigenvalue weighted by molar-refractivity contribution is 7.59. The lowest BCUT2D eigenvalue weighted by atomic mass is 9.94. The van der Waals surface area contributed by atoms with Crippen LogP contribution in [0.25, 0.3) is 0 Å². The van der Waals surface area contributed by atoms with Crippen LogP contribution in [0, 0.1) is 5.92 Å². The number of ether oxygens (including phenoxy) is 1. The summed E-state index contributed by atoms with van der Waals surface area (Å²) in [6.45, 7) is 5.97. The van der Waals surface area contributed by atoms with Crippen LogP contribution in [-0.4, -0.2) is 31.5 Å². The zero-order chi connectivity index (χ0) is 12.9. The van der Waals surface area contributed by atoms with E-state index < -0.39 is 7.37 Å². The van der Waals surface area contributed by atoms with Gasteiger partial charge in [0.2, 0.25) is 7.37 Å². The predicted molar refractivity (Wildman–Crippen MR) is 67.4 cm³/mol. The summed E-state index contributed by atoms with van der Waals surface area (Å²) in [6, 6.07) is 0. The summed E-state index contributed by atoms with van der Waals surface area (Å²) in [5, 5.41) is 0. The first kappa shape index (κ1) is 14.5. The van der Waals surface area contributed by atoms with Gasteiger partial charge in [-0.15, -0.1) is 0 Å². The van der Waals surface area contributed by atoms with E-state index in [0.717, 1.165) is 0 Å². The largest absolute Gasteiger partial charge is 0.466 e. The van der Waals surface area contributed by atoms with Crippen molar-refractivity contribution in [3.63, 3.8) is 0 Å². The van der Waals surface area contributed by atoms with Gasteiger partial charge in [-0.05, 0) is 26.7 Å². The molecule has 1 rings (SSSR count). The standard InChI is InChI=1S/C12H21O4P/c1-4-15-12(13)10-8-6-7-9-11(10)17(3,14)16-5-2/h6-7,10-11H,4-5,8-9H2,1-3H3/t10-,11-,17?/m0/s1. The third-order valence-electron chi connectivity index (χ3n) is 2.98. The Bertz CT molecular complexity index is 337. The van der Waals surface area contributed by atoms with Crippen LogP contribution >= 0.6 is 7.37 Å². The van der Waals surface area contributed by atoms with Gasteiger partial charge in [-0.2, -0.15) is 0 Å². The van der Waals surface area contributed by atoms with Crippen molar-refractivity contribution in [3.8, 4) is 0 Å². The molecule has 0 bridgehead atoms. The van der Waals surface area contributed by atoms with Crippen LogP contribution < -0.4 is 0 Å². The summed E-state index contributed by atoms with van der Waals surface area (Å²) in [5.41, 5.74) is -0.244. The smallest absolute Gasteiger partial charge is 0.310 e. The Morgan fingerprint density at radius 1 is 1.29 bits per heavy atom. The zero-order valence-corrected chi connectivity index (χ0v) is 11.6. The number of hydrogen-bond donors (Lipinski definition) is 0. The molecule has 0 radical (unpaired) electrons. The SMILES string of the molecule is CCOC(=O)[C@H]1CC=CC[C@@H]1P(C)(=O)OCC. The molecule has 3 atom stereocenters. The molecular weight excluding hydrogens is 239 g/mol. The summed E-state index contributed by atoms with van der Waals surface area (Å²) in [6.07, 6.45) is 5.13. The molecule has 5 heteroatoms. The van der Waals surface area contributed by atoms with E-state index in [1.165, 1.54) is 0 Å². The molecule has 0 N–H and O–H groups in total. The number of allylic oxidation sites excluding steroid dienone is 2. The minimum atomic E-state index is -2.75. The van der Waals surface area contributed by atoms with Gasteiger partial charge in [0.25, 0.3) is 0 Å². The second-order valence-electron chi connectivity index (χ2n) is 4.20. The fourth-order valence-corrected chi connectivity index (χ4v) is 4.28. The van der Waals surface area contributed by atoms with Gasteiger partial charge in [0.1, 0.15) is 0 Å². The van der Waals surface area contributed by atoms with Crippen molar-refractivity contribution in [1.29, 1.82) is 0 Å². The predicted octanol–water partition coefficient (Wildman–Crippen LogP) is 2.83. The van der Waals surface area contributed by atoms with Crippen LogP contribution in [0.5, 0.6) is 0 Å². The van der Waals surface area contributed by atoms with Gasteiger partial charge >= 0.3 is 5.97 Å². The molecule has 0 aromatic rings. The van der Waals surface area contributed by atoms with E-state index in [4.69, 9.17) is 9.26 Å². The van der Waals surface area contributed by atoms with Crippen molar-refractivity contribution in [2.75, 3.05) is 19.9 Å². The molecule has 0 fully saturated rings. The van der Waals surface area contributed by atoms with Crippen molar-refractivity contribution in [1.82, 2.24) is 0 Å². The van der Waals surface area contributed by atoms with E-state index in [2.05, 4.69) is 0 Å². The average molecular weight is 260 g/mol. The van der Waals surface area contributed by atoms with Gasteiger partial charge in [0.15, 0.2) is 0 Å². The Hall–Kier alpha value is -0.600. The maximum absolute atomic E-state index is 12.4. The Labute approximate surface area is 103 Å². The normalized spacial score (nSPS) is 27.5. The van der Waals surface area contributed by atoms with Gasteiger partial charge in [-0.25, -0.2) is 0 Å². The quantitative estimate of drug-likeness (QED) is 0.433. The van der Waals surface area contributed by atoms with Crippen molar-refractivity contribution in [2.45, 2.75) is 32.3 Å². The number of carbonyl (C=O) groups excluding carboxylic acids is 1. The van der Waals surface area contributed by atoms with E-state index in [0.29, 0.717) is 26.1 Å². The van der Waals surface area contributed by atoms with Crippen molar-refractivity contribution >= 4 is 13.3 Å². The van der Waals surface area contributed by atoms with Gasteiger partial charge in [0, 0.05) is 6.66 Å². The number of rotatable bonds is 5. The molecule has 0 heterocycles. The molecule has 17 heavy (non-hydrogen) atoms. The van der Waals surface area contributed by atoms with Gasteiger partial charge < -0.3 is 9.26 Å². The summed E-state index contributed by atoms with van der Waals surface area (Å²) >= 11 is 0. The van der Waals surface area contributed by atoms with Crippen LogP contribution in [0.3, 0.4) is 0 Å². The van der Waals surface area contributed by atoms with Crippen LogP contribution in [0.1, 0.15) is 26.7 Å². The molecule has 0 saturated carbocycles. The number of carbonyl (C=O) groups is 1. The number of hydrogen-bond acceptors (Lipinski definition) is 4. The van der Waals surface area contributed by atoms with Crippen LogP contribution in [0.2, 0.25) is 0 Å². The zero-order valence-electron chi connectivity index (χ0n) is 10.7. The summed E-state index contributed by atoms with van der Waals surface area (Å²) in [4.78, 5) is 11.8. The van der Waals surface area contributed by atoms with Gasteiger partial charge in [-0.3, -0.25) is 9.36 Å². The first-order valence-electron chi connectivity index (χ1n) is 6.06. The molecule has 1 aliphatic rings. The lowest BCUT2D eigenvalue weighted by Crippen LogP contribution is -2.31. The average Bonchev–Trinajstić information content (AvgIpc) is 2.29. The van der Waals surface area contributed by atoms with E-state index in [1.807, 2.05) is 19.1 Å². The minimum Gasteiger partial charge on any atom is -0.466 e. The molecule has 0 aromatic heterocycles. The van der Waals surface area contributed by atoms with Crippen LogP contribution in [0.4, 0.5) is 0 Å². The van der Waals surface area contributed by atoms with Crippen LogP contribution in [0.15, 0.2) is 12.2 Å². The van der Waals surface area contributed by atoms with Crippen LogP contribution in [-0.2, 0) is 18.6 Å². The first-order valence-corrected chi connectivity index (χ1v) is 8.20. The number of esters is 1. The Morgan fingerprint density at radius 3 is 2.53 bits per heavy atom. The van der Waals surface area contributed by atoms with Gasteiger partial charge in [-0.1, -0.05) is 12.2 Å². The highest BCUT2D eigenvalue weighted by atomic mass is 31.2.